The fraction of sp³-hybridized carbons (Fsp3) is 0.786. The molecule has 18 heavy (non-hydrogen) atoms. The van der Waals surface area contributed by atoms with Gasteiger partial charge in [-0.2, -0.15) is 0 Å². The highest BCUT2D eigenvalue weighted by atomic mass is 35.5. The number of likely N-dealkylation sites (tertiary alicyclic amines) is 1. The third-order valence-electron chi connectivity index (χ3n) is 3.95. The summed E-state index contributed by atoms with van der Waals surface area (Å²) in [6.07, 6.45) is 5.18. The second-order valence-corrected chi connectivity index (χ2v) is 6.30. The molecule has 1 aliphatic heterocycles. The molecule has 0 aliphatic carbocycles. The van der Waals surface area contributed by atoms with E-state index in [1.54, 1.807) is 11.3 Å². The number of rotatable bonds is 5. The Morgan fingerprint density at radius 1 is 1.56 bits per heavy atom. The van der Waals surface area contributed by atoms with Gasteiger partial charge >= 0.3 is 0 Å². The van der Waals surface area contributed by atoms with Crippen LogP contribution >= 0.6 is 22.9 Å². The molecule has 1 fully saturated rings. The molecule has 1 saturated heterocycles. The molecule has 1 aliphatic rings. The van der Waals surface area contributed by atoms with Crippen LogP contribution < -0.4 is 0 Å². The number of halogens is 1. The van der Waals surface area contributed by atoms with Crippen molar-refractivity contribution < 1.29 is 0 Å². The van der Waals surface area contributed by atoms with Gasteiger partial charge < -0.3 is 0 Å². The van der Waals surface area contributed by atoms with E-state index in [0.29, 0.717) is 11.9 Å². The summed E-state index contributed by atoms with van der Waals surface area (Å²) >= 11 is 7.62. The molecule has 0 radical (unpaired) electrons. The lowest BCUT2D eigenvalue weighted by molar-refractivity contribution is 0.117. The minimum absolute atomic E-state index is 0.501. The Morgan fingerprint density at radius 2 is 2.39 bits per heavy atom. The summed E-state index contributed by atoms with van der Waals surface area (Å²) in [5.74, 6) is 1.41. The SMILES string of the molecule is CCC1CCCN(C(CC)c2nc(CCl)cs2)C1. The van der Waals surface area contributed by atoms with Gasteiger partial charge in [-0.3, -0.25) is 4.90 Å². The Labute approximate surface area is 119 Å². The summed E-state index contributed by atoms with van der Waals surface area (Å²) in [7, 11) is 0. The maximum absolute atomic E-state index is 5.85. The first-order valence-electron chi connectivity index (χ1n) is 7.02. The molecule has 102 valence electrons. The third-order valence-corrected chi connectivity index (χ3v) is 5.22. The summed E-state index contributed by atoms with van der Waals surface area (Å²) in [4.78, 5) is 7.30. The standard InChI is InChI=1S/C14H23ClN2S/c1-3-11-6-5-7-17(9-11)13(4-2)14-16-12(8-15)10-18-14/h10-11,13H,3-9H2,1-2H3. The maximum Gasteiger partial charge on any atom is 0.110 e. The van der Waals surface area contributed by atoms with E-state index in [4.69, 9.17) is 11.6 Å². The van der Waals surface area contributed by atoms with Crippen LogP contribution in [0.3, 0.4) is 0 Å². The first-order valence-corrected chi connectivity index (χ1v) is 8.44. The second kappa shape index (κ2) is 6.88. The zero-order chi connectivity index (χ0) is 13.0. The van der Waals surface area contributed by atoms with Crippen LogP contribution in [0.4, 0.5) is 0 Å². The largest absolute Gasteiger partial charge is 0.294 e. The van der Waals surface area contributed by atoms with Gasteiger partial charge in [-0.05, 0) is 31.7 Å². The van der Waals surface area contributed by atoms with Crippen LogP contribution in [0.5, 0.6) is 0 Å². The van der Waals surface area contributed by atoms with E-state index in [2.05, 4.69) is 29.1 Å². The monoisotopic (exact) mass is 286 g/mol. The van der Waals surface area contributed by atoms with Gasteiger partial charge in [0.15, 0.2) is 0 Å². The van der Waals surface area contributed by atoms with Crippen molar-refractivity contribution in [1.29, 1.82) is 0 Å². The van der Waals surface area contributed by atoms with Crippen LogP contribution in [-0.2, 0) is 5.88 Å². The Kier molecular flexibility index (Phi) is 5.46. The highest BCUT2D eigenvalue weighted by Gasteiger charge is 2.26. The maximum atomic E-state index is 5.85. The molecule has 2 nitrogen and oxygen atoms in total. The molecular weight excluding hydrogens is 264 g/mol. The van der Waals surface area contributed by atoms with E-state index in [9.17, 15) is 0 Å². The van der Waals surface area contributed by atoms with Gasteiger partial charge in [0.25, 0.3) is 0 Å². The molecule has 0 saturated carbocycles. The van der Waals surface area contributed by atoms with E-state index in [1.165, 1.54) is 37.4 Å². The van der Waals surface area contributed by atoms with Gasteiger partial charge in [-0.25, -0.2) is 4.98 Å². The molecular formula is C14H23ClN2S. The Bertz CT molecular complexity index is 366. The zero-order valence-electron chi connectivity index (χ0n) is 11.4. The summed E-state index contributed by atoms with van der Waals surface area (Å²) < 4.78 is 0. The smallest absolute Gasteiger partial charge is 0.110 e. The van der Waals surface area contributed by atoms with Gasteiger partial charge in [0.05, 0.1) is 17.6 Å². The van der Waals surface area contributed by atoms with Gasteiger partial charge in [-0.1, -0.05) is 20.3 Å². The molecule has 0 amide bonds. The third kappa shape index (κ3) is 3.25. The van der Waals surface area contributed by atoms with Gasteiger partial charge in [-0.15, -0.1) is 22.9 Å². The quantitative estimate of drug-likeness (QED) is 0.743. The number of hydrogen-bond acceptors (Lipinski definition) is 3. The molecule has 0 bridgehead atoms. The van der Waals surface area contributed by atoms with E-state index < -0.39 is 0 Å². The van der Waals surface area contributed by atoms with Crippen LogP contribution in [-0.4, -0.2) is 23.0 Å². The lowest BCUT2D eigenvalue weighted by Gasteiger charge is -2.36. The molecule has 2 heterocycles. The lowest BCUT2D eigenvalue weighted by Crippen LogP contribution is -2.37. The van der Waals surface area contributed by atoms with Crippen molar-refractivity contribution in [2.75, 3.05) is 13.1 Å². The Morgan fingerprint density at radius 3 is 3.00 bits per heavy atom. The number of alkyl halides is 1. The topological polar surface area (TPSA) is 16.1 Å². The van der Waals surface area contributed by atoms with Crippen molar-refractivity contribution in [3.05, 3.63) is 16.1 Å². The molecule has 2 rings (SSSR count). The van der Waals surface area contributed by atoms with Crippen molar-refractivity contribution in [2.24, 2.45) is 5.92 Å². The highest BCUT2D eigenvalue weighted by molar-refractivity contribution is 7.09. The molecule has 1 aromatic rings. The fourth-order valence-corrected chi connectivity index (χ4v) is 4.10. The molecule has 4 heteroatoms. The average Bonchev–Trinajstić information content (AvgIpc) is 2.88. The number of aromatic nitrogens is 1. The molecule has 0 aromatic carbocycles. The minimum Gasteiger partial charge on any atom is -0.294 e. The molecule has 2 atom stereocenters. The van der Waals surface area contributed by atoms with E-state index in [-0.39, 0.29) is 0 Å². The normalized spacial score (nSPS) is 23.2. The van der Waals surface area contributed by atoms with Crippen LogP contribution in [0.1, 0.15) is 56.3 Å². The molecule has 2 unspecified atom stereocenters. The van der Waals surface area contributed by atoms with E-state index in [1.807, 2.05) is 0 Å². The first-order chi connectivity index (χ1) is 8.78. The lowest BCUT2D eigenvalue weighted by atomic mass is 9.94. The van der Waals surface area contributed by atoms with E-state index in [0.717, 1.165) is 18.0 Å². The van der Waals surface area contributed by atoms with Crippen molar-refractivity contribution in [3.63, 3.8) is 0 Å². The Hall–Kier alpha value is -0.120. The van der Waals surface area contributed by atoms with Crippen molar-refractivity contribution >= 4 is 22.9 Å². The summed E-state index contributed by atoms with van der Waals surface area (Å²) in [6, 6.07) is 0.501. The van der Waals surface area contributed by atoms with Crippen LogP contribution in [0.15, 0.2) is 5.38 Å². The van der Waals surface area contributed by atoms with Crippen molar-refractivity contribution in [2.45, 2.75) is 51.5 Å². The van der Waals surface area contributed by atoms with Gasteiger partial charge in [0, 0.05) is 11.9 Å². The number of thiazole rings is 1. The average molecular weight is 287 g/mol. The van der Waals surface area contributed by atoms with E-state index >= 15 is 0 Å². The zero-order valence-corrected chi connectivity index (χ0v) is 12.9. The van der Waals surface area contributed by atoms with Gasteiger partial charge in [0.1, 0.15) is 5.01 Å². The number of hydrogen-bond donors (Lipinski definition) is 0. The number of piperidine rings is 1. The first kappa shape index (κ1) is 14.3. The second-order valence-electron chi connectivity index (χ2n) is 5.15. The number of nitrogens with zero attached hydrogens (tertiary/aromatic N) is 2. The highest BCUT2D eigenvalue weighted by Crippen LogP contribution is 2.32. The van der Waals surface area contributed by atoms with Gasteiger partial charge in [0.2, 0.25) is 0 Å². The van der Waals surface area contributed by atoms with Crippen LogP contribution in [0.2, 0.25) is 0 Å². The molecule has 1 aromatic heterocycles. The predicted molar refractivity (Wildman–Crippen MR) is 79.3 cm³/mol. The summed E-state index contributed by atoms with van der Waals surface area (Å²) in [5.41, 5.74) is 1.03. The predicted octanol–water partition coefficient (Wildman–Crippen LogP) is 4.46. The van der Waals surface area contributed by atoms with Crippen LogP contribution in [0.25, 0.3) is 0 Å². The summed E-state index contributed by atoms with van der Waals surface area (Å²) in [5, 5.41) is 3.36. The van der Waals surface area contributed by atoms with Crippen LogP contribution in [0, 0.1) is 5.92 Å². The molecule has 0 spiro atoms. The summed E-state index contributed by atoms with van der Waals surface area (Å²) in [6.45, 7) is 7.04. The fourth-order valence-electron chi connectivity index (χ4n) is 2.84. The molecule has 0 N–H and O–H groups in total. The van der Waals surface area contributed by atoms with Crippen molar-refractivity contribution in [1.82, 2.24) is 9.88 Å². The minimum atomic E-state index is 0.501. The Balaban J connectivity index is 2.07. The van der Waals surface area contributed by atoms with Crippen molar-refractivity contribution in [3.8, 4) is 0 Å².